The first-order valence-electron chi connectivity index (χ1n) is 6.20. The number of hydrogen-bond donors (Lipinski definition) is 1. The Morgan fingerprint density at radius 3 is 3.12 bits per heavy atom. The highest BCUT2D eigenvalue weighted by Crippen LogP contribution is 2.15. The minimum atomic E-state index is 0.283. The van der Waals surface area contributed by atoms with Crippen LogP contribution in [0.3, 0.4) is 0 Å². The number of likely N-dealkylation sites (tertiary alicyclic amines) is 1. The van der Waals surface area contributed by atoms with Crippen molar-refractivity contribution in [2.75, 3.05) is 18.9 Å². The van der Waals surface area contributed by atoms with Gasteiger partial charge in [-0.25, -0.2) is 4.98 Å². The van der Waals surface area contributed by atoms with Crippen LogP contribution in [0.1, 0.15) is 31.2 Å². The molecule has 1 N–H and O–H groups in total. The van der Waals surface area contributed by atoms with Crippen LogP contribution in [0.15, 0.2) is 18.3 Å². The number of carbonyl (C=O) groups excluding carboxylic acids is 1. The molecule has 17 heavy (non-hydrogen) atoms. The second-order valence-electron chi connectivity index (χ2n) is 4.43. The number of hydrogen-bond acceptors (Lipinski definition) is 3. The molecule has 0 aliphatic carbocycles. The fourth-order valence-corrected chi connectivity index (χ4v) is 2.14. The number of nitrogens with one attached hydrogen (secondary N) is 1. The lowest BCUT2D eigenvalue weighted by Gasteiger charge is -2.20. The van der Waals surface area contributed by atoms with E-state index in [1.54, 1.807) is 6.20 Å². The summed E-state index contributed by atoms with van der Waals surface area (Å²) in [6.07, 6.45) is 5.80. The molecule has 1 aliphatic heterocycles. The van der Waals surface area contributed by atoms with Gasteiger partial charge >= 0.3 is 0 Å². The monoisotopic (exact) mass is 233 g/mol. The normalized spacial score (nSPS) is 16.8. The van der Waals surface area contributed by atoms with E-state index in [2.05, 4.69) is 10.3 Å². The Labute approximate surface area is 102 Å². The van der Waals surface area contributed by atoms with E-state index in [4.69, 9.17) is 0 Å². The summed E-state index contributed by atoms with van der Waals surface area (Å²) in [6.45, 7) is 1.59. The first-order chi connectivity index (χ1) is 8.29. The SMILES string of the molecule is CNc1cc(CN2CCCCCC2=O)ccn1. The third-order valence-electron chi connectivity index (χ3n) is 3.13. The van der Waals surface area contributed by atoms with Crippen molar-refractivity contribution < 1.29 is 4.79 Å². The maximum atomic E-state index is 11.9. The Kier molecular flexibility index (Phi) is 3.96. The molecule has 1 fully saturated rings. The van der Waals surface area contributed by atoms with Gasteiger partial charge in [-0.2, -0.15) is 0 Å². The summed E-state index contributed by atoms with van der Waals surface area (Å²) in [5, 5.41) is 3.01. The van der Waals surface area contributed by atoms with Crippen molar-refractivity contribution in [2.45, 2.75) is 32.2 Å². The summed E-state index contributed by atoms with van der Waals surface area (Å²) in [5.41, 5.74) is 1.14. The molecule has 4 nitrogen and oxygen atoms in total. The molecule has 0 unspecified atom stereocenters. The third kappa shape index (κ3) is 3.19. The predicted molar refractivity (Wildman–Crippen MR) is 67.7 cm³/mol. The van der Waals surface area contributed by atoms with Crippen LogP contribution < -0.4 is 5.32 Å². The summed E-state index contributed by atoms with van der Waals surface area (Å²) in [4.78, 5) is 18.0. The van der Waals surface area contributed by atoms with Crippen molar-refractivity contribution >= 4 is 11.7 Å². The number of pyridine rings is 1. The van der Waals surface area contributed by atoms with Crippen molar-refractivity contribution in [1.82, 2.24) is 9.88 Å². The summed E-state index contributed by atoms with van der Waals surface area (Å²) < 4.78 is 0. The Balaban J connectivity index is 2.05. The topological polar surface area (TPSA) is 45.2 Å². The number of anilines is 1. The molecule has 0 atom stereocenters. The van der Waals surface area contributed by atoms with Gasteiger partial charge in [0.2, 0.25) is 5.91 Å². The van der Waals surface area contributed by atoms with Crippen molar-refractivity contribution in [1.29, 1.82) is 0 Å². The van der Waals surface area contributed by atoms with E-state index in [0.29, 0.717) is 13.0 Å². The Morgan fingerprint density at radius 2 is 2.29 bits per heavy atom. The highest BCUT2D eigenvalue weighted by Gasteiger charge is 2.16. The first kappa shape index (κ1) is 11.9. The largest absolute Gasteiger partial charge is 0.373 e. The number of rotatable bonds is 3. The van der Waals surface area contributed by atoms with E-state index in [0.717, 1.165) is 30.8 Å². The zero-order chi connectivity index (χ0) is 12.1. The molecule has 1 aromatic heterocycles. The summed E-state index contributed by atoms with van der Waals surface area (Å²) in [7, 11) is 1.85. The summed E-state index contributed by atoms with van der Waals surface area (Å²) >= 11 is 0. The lowest BCUT2D eigenvalue weighted by Crippen LogP contribution is -2.29. The van der Waals surface area contributed by atoms with Gasteiger partial charge in [0.05, 0.1) is 0 Å². The van der Waals surface area contributed by atoms with Gasteiger partial charge in [-0.15, -0.1) is 0 Å². The zero-order valence-electron chi connectivity index (χ0n) is 10.3. The summed E-state index contributed by atoms with van der Waals surface area (Å²) in [5.74, 6) is 1.13. The molecule has 2 rings (SSSR count). The number of nitrogens with zero attached hydrogens (tertiary/aromatic N) is 2. The van der Waals surface area contributed by atoms with E-state index in [1.165, 1.54) is 6.42 Å². The van der Waals surface area contributed by atoms with Gasteiger partial charge in [0.25, 0.3) is 0 Å². The van der Waals surface area contributed by atoms with Crippen molar-refractivity contribution in [3.63, 3.8) is 0 Å². The van der Waals surface area contributed by atoms with Gasteiger partial charge in [-0.05, 0) is 30.5 Å². The summed E-state index contributed by atoms with van der Waals surface area (Å²) in [6, 6.07) is 3.97. The van der Waals surface area contributed by atoms with Crippen LogP contribution in [-0.4, -0.2) is 29.4 Å². The molecule has 0 bridgehead atoms. The highest BCUT2D eigenvalue weighted by molar-refractivity contribution is 5.76. The quantitative estimate of drug-likeness (QED) is 0.868. The minimum Gasteiger partial charge on any atom is -0.373 e. The smallest absolute Gasteiger partial charge is 0.222 e. The second kappa shape index (κ2) is 5.66. The van der Waals surface area contributed by atoms with Crippen LogP contribution in [0.25, 0.3) is 0 Å². The van der Waals surface area contributed by atoms with Crippen molar-refractivity contribution in [2.24, 2.45) is 0 Å². The van der Waals surface area contributed by atoms with Gasteiger partial charge < -0.3 is 10.2 Å². The predicted octanol–water partition coefficient (Wildman–Crippen LogP) is 2.03. The Morgan fingerprint density at radius 1 is 1.41 bits per heavy atom. The van der Waals surface area contributed by atoms with Crippen LogP contribution in [0.4, 0.5) is 5.82 Å². The molecular formula is C13H19N3O. The van der Waals surface area contributed by atoms with E-state index in [1.807, 2.05) is 24.1 Å². The van der Waals surface area contributed by atoms with Crippen LogP contribution in [0.5, 0.6) is 0 Å². The Hall–Kier alpha value is -1.58. The lowest BCUT2D eigenvalue weighted by atomic mass is 10.2. The Bertz CT molecular complexity index is 392. The zero-order valence-corrected chi connectivity index (χ0v) is 10.3. The molecule has 1 aliphatic rings. The van der Waals surface area contributed by atoms with Crippen molar-refractivity contribution in [3.05, 3.63) is 23.9 Å². The van der Waals surface area contributed by atoms with Crippen LogP contribution in [0.2, 0.25) is 0 Å². The van der Waals surface area contributed by atoms with Gasteiger partial charge in [-0.3, -0.25) is 4.79 Å². The molecule has 0 saturated carbocycles. The molecule has 92 valence electrons. The second-order valence-corrected chi connectivity index (χ2v) is 4.43. The van der Waals surface area contributed by atoms with Gasteiger partial charge in [-0.1, -0.05) is 6.42 Å². The van der Waals surface area contributed by atoms with Gasteiger partial charge in [0.1, 0.15) is 5.82 Å². The molecule has 1 aromatic rings. The van der Waals surface area contributed by atoms with Crippen LogP contribution >= 0.6 is 0 Å². The third-order valence-corrected chi connectivity index (χ3v) is 3.13. The maximum Gasteiger partial charge on any atom is 0.222 e. The maximum absolute atomic E-state index is 11.9. The molecule has 1 amide bonds. The molecule has 1 saturated heterocycles. The van der Waals surface area contributed by atoms with E-state index in [9.17, 15) is 4.79 Å². The standard InChI is InChI=1S/C13H19N3O/c1-14-12-9-11(6-7-15-12)10-16-8-4-2-3-5-13(16)17/h6-7,9H,2-5,8,10H2,1H3,(H,14,15). The average Bonchev–Trinajstić information content (AvgIpc) is 2.55. The van der Waals surface area contributed by atoms with Crippen LogP contribution in [0, 0.1) is 0 Å². The molecular weight excluding hydrogens is 214 g/mol. The average molecular weight is 233 g/mol. The number of carbonyl (C=O) groups is 1. The van der Waals surface area contributed by atoms with Crippen molar-refractivity contribution in [3.8, 4) is 0 Å². The fraction of sp³-hybridized carbons (Fsp3) is 0.538. The number of aromatic nitrogens is 1. The molecule has 2 heterocycles. The van der Waals surface area contributed by atoms with E-state index < -0.39 is 0 Å². The van der Waals surface area contributed by atoms with Gasteiger partial charge in [0, 0.05) is 32.8 Å². The van der Waals surface area contributed by atoms with E-state index >= 15 is 0 Å². The first-order valence-corrected chi connectivity index (χ1v) is 6.20. The van der Waals surface area contributed by atoms with E-state index in [-0.39, 0.29) is 5.91 Å². The molecule has 4 heteroatoms. The minimum absolute atomic E-state index is 0.283. The molecule has 0 radical (unpaired) electrons. The molecule has 0 spiro atoms. The fourth-order valence-electron chi connectivity index (χ4n) is 2.14. The lowest BCUT2D eigenvalue weighted by molar-refractivity contribution is -0.131. The van der Waals surface area contributed by atoms with Crippen LogP contribution in [-0.2, 0) is 11.3 Å². The highest BCUT2D eigenvalue weighted by atomic mass is 16.2. The van der Waals surface area contributed by atoms with Gasteiger partial charge in [0.15, 0.2) is 0 Å². The molecule has 0 aromatic carbocycles. The number of amides is 1.